The van der Waals surface area contributed by atoms with Crippen molar-refractivity contribution in [2.24, 2.45) is 5.92 Å². The van der Waals surface area contributed by atoms with Gasteiger partial charge in [-0.25, -0.2) is 0 Å². The Labute approximate surface area is 125 Å². The summed E-state index contributed by atoms with van der Waals surface area (Å²) in [7, 11) is 1.70. The van der Waals surface area contributed by atoms with Gasteiger partial charge in [-0.15, -0.1) is 11.3 Å². The summed E-state index contributed by atoms with van der Waals surface area (Å²) in [6.45, 7) is 0. The van der Waals surface area contributed by atoms with Crippen LogP contribution < -0.4 is 10.1 Å². The van der Waals surface area contributed by atoms with Crippen LogP contribution in [0.1, 0.15) is 23.8 Å². The average molecular weight is 338 g/mol. The highest BCUT2D eigenvalue weighted by molar-refractivity contribution is 9.10. The van der Waals surface area contributed by atoms with Gasteiger partial charge < -0.3 is 10.1 Å². The summed E-state index contributed by atoms with van der Waals surface area (Å²) in [5, 5.41) is 5.81. The number of ether oxygens (including phenoxy) is 1. The first-order chi connectivity index (χ1) is 9.26. The van der Waals surface area contributed by atoms with Crippen LogP contribution in [0, 0.1) is 5.92 Å². The Hall–Kier alpha value is -1.00. The van der Waals surface area contributed by atoms with Gasteiger partial charge in [-0.3, -0.25) is 0 Å². The van der Waals surface area contributed by atoms with Gasteiger partial charge in [0.2, 0.25) is 0 Å². The van der Waals surface area contributed by atoms with E-state index >= 15 is 0 Å². The molecule has 1 aliphatic rings. The van der Waals surface area contributed by atoms with Crippen LogP contribution in [0.3, 0.4) is 0 Å². The number of thiophene rings is 1. The van der Waals surface area contributed by atoms with Crippen LogP contribution in [0.4, 0.5) is 5.69 Å². The maximum atomic E-state index is 5.32. The average Bonchev–Trinajstić information content (AvgIpc) is 3.10. The Balaban J connectivity index is 1.84. The fourth-order valence-electron chi connectivity index (χ4n) is 2.26. The van der Waals surface area contributed by atoms with Gasteiger partial charge in [0.05, 0.1) is 13.2 Å². The summed E-state index contributed by atoms with van der Waals surface area (Å²) in [5.41, 5.74) is 1.11. The van der Waals surface area contributed by atoms with Crippen LogP contribution in [0.25, 0.3) is 0 Å². The van der Waals surface area contributed by atoms with Gasteiger partial charge >= 0.3 is 0 Å². The van der Waals surface area contributed by atoms with Crippen molar-refractivity contribution < 1.29 is 4.74 Å². The molecule has 19 heavy (non-hydrogen) atoms. The van der Waals surface area contributed by atoms with E-state index in [0.717, 1.165) is 21.8 Å². The molecular formula is C15H16BrNOS. The molecule has 3 rings (SSSR count). The van der Waals surface area contributed by atoms with Crippen molar-refractivity contribution in [1.29, 1.82) is 0 Å². The third-order valence-electron chi connectivity index (χ3n) is 3.37. The van der Waals surface area contributed by atoms with Gasteiger partial charge in [-0.2, -0.15) is 0 Å². The lowest BCUT2D eigenvalue weighted by atomic mass is 10.1. The quantitative estimate of drug-likeness (QED) is 0.821. The minimum Gasteiger partial charge on any atom is -0.497 e. The second kappa shape index (κ2) is 5.55. The molecule has 0 saturated heterocycles. The lowest BCUT2D eigenvalue weighted by Gasteiger charge is -2.19. The molecule has 2 aromatic rings. The largest absolute Gasteiger partial charge is 0.497 e. The van der Waals surface area contributed by atoms with Crippen molar-refractivity contribution in [3.63, 3.8) is 0 Å². The van der Waals surface area contributed by atoms with Crippen LogP contribution in [-0.4, -0.2) is 7.11 Å². The molecule has 1 unspecified atom stereocenters. The number of halogens is 1. The summed E-state index contributed by atoms with van der Waals surface area (Å²) in [5.74, 6) is 1.64. The maximum Gasteiger partial charge on any atom is 0.122 e. The minimum absolute atomic E-state index is 0.430. The van der Waals surface area contributed by atoms with Gasteiger partial charge in [0.15, 0.2) is 0 Å². The SMILES string of the molecule is COc1cc(Br)cc(NC(c2cccs2)C2CC2)c1. The maximum absolute atomic E-state index is 5.32. The van der Waals surface area contributed by atoms with E-state index in [1.54, 1.807) is 7.11 Å². The molecule has 1 atom stereocenters. The van der Waals surface area contributed by atoms with E-state index in [-0.39, 0.29) is 0 Å². The Morgan fingerprint density at radius 1 is 1.37 bits per heavy atom. The minimum atomic E-state index is 0.430. The molecule has 2 nitrogen and oxygen atoms in total. The normalized spacial score (nSPS) is 16.1. The van der Waals surface area contributed by atoms with E-state index in [1.165, 1.54) is 17.7 Å². The van der Waals surface area contributed by atoms with Crippen LogP contribution in [-0.2, 0) is 0 Å². The Morgan fingerprint density at radius 2 is 2.21 bits per heavy atom. The molecule has 1 aromatic carbocycles. The van der Waals surface area contributed by atoms with Crippen LogP contribution in [0.2, 0.25) is 0 Å². The van der Waals surface area contributed by atoms with E-state index in [2.05, 4.69) is 44.8 Å². The highest BCUT2D eigenvalue weighted by Crippen LogP contribution is 2.44. The fourth-order valence-corrected chi connectivity index (χ4v) is 3.60. The predicted molar refractivity (Wildman–Crippen MR) is 84.1 cm³/mol. The highest BCUT2D eigenvalue weighted by atomic mass is 79.9. The molecule has 1 N–H and O–H groups in total. The molecule has 0 bridgehead atoms. The lowest BCUT2D eigenvalue weighted by Crippen LogP contribution is -2.11. The molecule has 1 heterocycles. The van der Waals surface area contributed by atoms with E-state index in [9.17, 15) is 0 Å². The molecule has 0 radical (unpaired) electrons. The van der Waals surface area contributed by atoms with Crippen molar-refractivity contribution in [1.82, 2.24) is 0 Å². The van der Waals surface area contributed by atoms with E-state index in [4.69, 9.17) is 4.74 Å². The van der Waals surface area contributed by atoms with Crippen LogP contribution in [0.15, 0.2) is 40.2 Å². The second-order valence-corrected chi connectivity index (χ2v) is 6.75. The molecule has 1 fully saturated rings. The highest BCUT2D eigenvalue weighted by Gasteiger charge is 2.32. The number of nitrogens with one attached hydrogen (secondary N) is 1. The number of rotatable bonds is 5. The predicted octanol–water partition coefficient (Wildman–Crippen LogP) is 5.08. The third kappa shape index (κ3) is 3.12. The molecule has 100 valence electrons. The number of hydrogen-bond acceptors (Lipinski definition) is 3. The number of methoxy groups -OCH3 is 1. The van der Waals surface area contributed by atoms with Crippen LogP contribution >= 0.6 is 27.3 Å². The molecule has 1 aromatic heterocycles. The second-order valence-electron chi connectivity index (χ2n) is 4.85. The molecule has 0 spiro atoms. The van der Waals surface area contributed by atoms with Crippen molar-refractivity contribution >= 4 is 33.0 Å². The molecule has 1 aliphatic carbocycles. The lowest BCUT2D eigenvalue weighted by molar-refractivity contribution is 0.414. The van der Waals surface area contributed by atoms with E-state index in [0.29, 0.717) is 6.04 Å². The molecule has 0 amide bonds. The Kier molecular flexibility index (Phi) is 3.80. The summed E-state index contributed by atoms with van der Waals surface area (Å²) in [6.07, 6.45) is 2.64. The van der Waals surface area contributed by atoms with Crippen molar-refractivity contribution in [3.8, 4) is 5.75 Å². The first kappa shape index (κ1) is 13.0. The van der Waals surface area contributed by atoms with E-state index < -0.39 is 0 Å². The van der Waals surface area contributed by atoms with Gasteiger partial charge in [0.1, 0.15) is 5.75 Å². The first-order valence-corrected chi connectivity index (χ1v) is 8.08. The van der Waals surface area contributed by atoms with Crippen LogP contribution in [0.5, 0.6) is 5.75 Å². The standard InChI is InChI=1S/C15H16BrNOS/c1-18-13-8-11(16)7-12(9-13)17-15(10-4-5-10)14-3-2-6-19-14/h2-3,6-10,15,17H,4-5H2,1H3. The topological polar surface area (TPSA) is 21.3 Å². The van der Waals surface area contributed by atoms with Crippen molar-refractivity contribution in [2.45, 2.75) is 18.9 Å². The number of anilines is 1. The zero-order chi connectivity index (χ0) is 13.2. The van der Waals surface area contributed by atoms with Gasteiger partial charge in [-0.05, 0) is 42.3 Å². The Morgan fingerprint density at radius 3 is 2.84 bits per heavy atom. The van der Waals surface area contributed by atoms with Crippen molar-refractivity contribution in [2.75, 3.05) is 12.4 Å². The van der Waals surface area contributed by atoms with E-state index in [1.807, 2.05) is 23.5 Å². The Bertz CT molecular complexity index is 551. The summed E-state index contributed by atoms with van der Waals surface area (Å²) < 4.78 is 6.35. The zero-order valence-corrected chi connectivity index (χ0v) is 13.1. The number of hydrogen-bond donors (Lipinski definition) is 1. The van der Waals surface area contributed by atoms with Gasteiger partial charge in [0.25, 0.3) is 0 Å². The van der Waals surface area contributed by atoms with Gasteiger partial charge in [0, 0.05) is 21.1 Å². The first-order valence-electron chi connectivity index (χ1n) is 6.41. The summed E-state index contributed by atoms with van der Waals surface area (Å²) in [6, 6.07) is 10.9. The summed E-state index contributed by atoms with van der Waals surface area (Å²) >= 11 is 5.36. The summed E-state index contributed by atoms with van der Waals surface area (Å²) in [4.78, 5) is 1.42. The van der Waals surface area contributed by atoms with Crippen molar-refractivity contribution in [3.05, 3.63) is 45.1 Å². The monoisotopic (exact) mass is 337 g/mol. The number of benzene rings is 1. The molecule has 1 saturated carbocycles. The molecular weight excluding hydrogens is 322 g/mol. The third-order valence-corrected chi connectivity index (χ3v) is 4.79. The smallest absolute Gasteiger partial charge is 0.122 e. The zero-order valence-electron chi connectivity index (χ0n) is 10.7. The fraction of sp³-hybridized carbons (Fsp3) is 0.333. The van der Waals surface area contributed by atoms with Gasteiger partial charge in [-0.1, -0.05) is 22.0 Å². The molecule has 4 heteroatoms. The molecule has 0 aliphatic heterocycles.